The van der Waals surface area contributed by atoms with Crippen molar-refractivity contribution in [2.75, 3.05) is 0 Å². The van der Waals surface area contributed by atoms with Gasteiger partial charge >= 0.3 is 5.97 Å². The van der Waals surface area contributed by atoms with Gasteiger partial charge in [-0.15, -0.1) is 0 Å². The lowest BCUT2D eigenvalue weighted by Crippen LogP contribution is -2.36. The highest BCUT2D eigenvalue weighted by Gasteiger charge is 2.38. The number of carbonyl (C=O) groups excluding carboxylic acids is 1. The smallest absolute Gasteiger partial charge is 0.347 e. The van der Waals surface area contributed by atoms with E-state index in [0.29, 0.717) is 5.56 Å². The summed E-state index contributed by atoms with van der Waals surface area (Å²) >= 11 is 0. The lowest BCUT2D eigenvalue weighted by atomic mass is 9.89. The van der Waals surface area contributed by atoms with Crippen LogP contribution in [0.1, 0.15) is 22.3 Å². The Hall–Kier alpha value is -3.17. The van der Waals surface area contributed by atoms with Gasteiger partial charge in [-0.3, -0.25) is 0 Å². The van der Waals surface area contributed by atoms with Gasteiger partial charge in [0.25, 0.3) is 0 Å². The number of aryl methyl sites for hydroxylation is 1. The molecule has 0 saturated carbocycles. The summed E-state index contributed by atoms with van der Waals surface area (Å²) in [7, 11) is 0. The fraction of sp³-hybridized carbons (Fsp3) is 0.125. The van der Waals surface area contributed by atoms with E-state index in [9.17, 15) is 9.90 Å². The van der Waals surface area contributed by atoms with E-state index in [1.165, 1.54) is 6.08 Å². The van der Waals surface area contributed by atoms with Crippen LogP contribution in [0, 0.1) is 6.92 Å². The zero-order valence-electron chi connectivity index (χ0n) is 15.2. The van der Waals surface area contributed by atoms with E-state index in [2.05, 4.69) is 0 Å². The Kier molecular flexibility index (Phi) is 5.84. The molecule has 1 N–H and O–H groups in total. The van der Waals surface area contributed by atoms with Crippen LogP contribution in [0.5, 0.6) is 0 Å². The second-order valence-corrected chi connectivity index (χ2v) is 6.39. The molecule has 1 atom stereocenters. The zero-order valence-corrected chi connectivity index (χ0v) is 15.2. The second-order valence-electron chi connectivity index (χ2n) is 6.39. The first-order valence-corrected chi connectivity index (χ1v) is 8.83. The number of esters is 1. The molecule has 0 aliphatic heterocycles. The predicted octanol–water partition coefficient (Wildman–Crippen LogP) is 4.64. The average Bonchev–Trinajstić information content (AvgIpc) is 2.72. The Morgan fingerprint density at radius 2 is 1.52 bits per heavy atom. The SMILES string of the molecule is Cc1ccccc1[C@@](O)(/C=C\c1ccccc1)C(=O)OCc1ccccc1. The Balaban J connectivity index is 1.90. The molecule has 0 radical (unpaired) electrons. The fourth-order valence-electron chi connectivity index (χ4n) is 2.88. The molecule has 3 aromatic carbocycles. The molecule has 0 heterocycles. The molecule has 3 rings (SSSR count). The van der Waals surface area contributed by atoms with E-state index in [-0.39, 0.29) is 6.61 Å². The van der Waals surface area contributed by atoms with Crippen LogP contribution in [-0.2, 0) is 21.7 Å². The minimum atomic E-state index is -1.87. The number of ether oxygens (including phenoxy) is 1. The molecule has 0 aliphatic rings. The third-order valence-corrected chi connectivity index (χ3v) is 4.40. The molecule has 0 fully saturated rings. The van der Waals surface area contributed by atoms with Crippen LogP contribution in [0.15, 0.2) is 91.0 Å². The van der Waals surface area contributed by atoms with E-state index in [1.807, 2.05) is 79.7 Å². The third-order valence-electron chi connectivity index (χ3n) is 4.40. The highest BCUT2D eigenvalue weighted by atomic mass is 16.5. The Bertz CT molecular complexity index is 917. The summed E-state index contributed by atoms with van der Waals surface area (Å²) in [4.78, 5) is 12.9. The molecule has 0 amide bonds. The maximum absolute atomic E-state index is 12.9. The quantitative estimate of drug-likeness (QED) is 0.653. The van der Waals surface area contributed by atoms with Crippen LogP contribution in [0.2, 0.25) is 0 Å². The van der Waals surface area contributed by atoms with Gasteiger partial charge in [0.1, 0.15) is 6.61 Å². The molecular formula is C24H22O3. The standard InChI is InChI=1S/C24H22O3/c1-19-10-8-9-15-22(19)24(26,17-16-20-11-4-2-5-12-20)23(25)27-18-21-13-6-3-7-14-21/h2-17,26H,18H2,1H3/b17-16-/t24-/m0/s1. The second kappa shape index (κ2) is 8.47. The molecule has 0 aromatic heterocycles. The number of hydrogen-bond acceptors (Lipinski definition) is 3. The van der Waals surface area contributed by atoms with Gasteiger partial charge in [0, 0.05) is 5.56 Å². The molecule has 3 aromatic rings. The van der Waals surface area contributed by atoms with Crippen molar-refractivity contribution in [2.45, 2.75) is 19.1 Å². The van der Waals surface area contributed by atoms with Crippen molar-refractivity contribution >= 4 is 12.0 Å². The van der Waals surface area contributed by atoms with Crippen molar-refractivity contribution in [3.63, 3.8) is 0 Å². The Labute approximate surface area is 159 Å². The maximum atomic E-state index is 12.9. The first kappa shape index (κ1) is 18.6. The van der Waals surface area contributed by atoms with Crippen LogP contribution in [0.4, 0.5) is 0 Å². The van der Waals surface area contributed by atoms with Gasteiger partial charge in [-0.2, -0.15) is 0 Å². The summed E-state index contributed by atoms with van der Waals surface area (Å²) in [6, 6.07) is 26.2. The van der Waals surface area contributed by atoms with Gasteiger partial charge < -0.3 is 9.84 Å². The highest BCUT2D eigenvalue weighted by Crippen LogP contribution is 2.29. The predicted molar refractivity (Wildman–Crippen MR) is 107 cm³/mol. The number of aliphatic hydroxyl groups is 1. The van der Waals surface area contributed by atoms with E-state index >= 15 is 0 Å². The zero-order chi connectivity index (χ0) is 19.1. The van der Waals surface area contributed by atoms with Gasteiger partial charge in [-0.05, 0) is 29.7 Å². The summed E-state index contributed by atoms with van der Waals surface area (Å²) in [5, 5.41) is 11.3. The number of hydrogen-bond donors (Lipinski definition) is 1. The summed E-state index contributed by atoms with van der Waals surface area (Å²) < 4.78 is 5.45. The third kappa shape index (κ3) is 4.52. The van der Waals surface area contributed by atoms with Crippen LogP contribution in [-0.4, -0.2) is 11.1 Å². The van der Waals surface area contributed by atoms with Gasteiger partial charge in [-0.1, -0.05) is 91.0 Å². The lowest BCUT2D eigenvalue weighted by Gasteiger charge is -2.25. The van der Waals surface area contributed by atoms with Crippen molar-refractivity contribution in [2.24, 2.45) is 0 Å². The number of rotatable bonds is 6. The molecule has 0 saturated heterocycles. The van der Waals surface area contributed by atoms with Crippen molar-refractivity contribution in [1.29, 1.82) is 0 Å². The summed E-state index contributed by atoms with van der Waals surface area (Å²) in [5.41, 5.74) is 1.21. The molecule has 0 spiro atoms. The molecule has 3 nitrogen and oxygen atoms in total. The van der Waals surface area contributed by atoms with Gasteiger partial charge in [0.2, 0.25) is 5.60 Å². The summed E-state index contributed by atoms with van der Waals surface area (Å²) in [6.45, 7) is 1.97. The van der Waals surface area contributed by atoms with Crippen LogP contribution in [0.25, 0.3) is 6.08 Å². The number of benzene rings is 3. The maximum Gasteiger partial charge on any atom is 0.347 e. The van der Waals surface area contributed by atoms with Gasteiger partial charge in [-0.25, -0.2) is 4.79 Å². The topological polar surface area (TPSA) is 46.5 Å². The molecule has 27 heavy (non-hydrogen) atoms. The van der Waals surface area contributed by atoms with Gasteiger partial charge in [0.15, 0.2) is 0 Å². The van der Waals surface area contributed by atoms with Crippen LogP contribution in [0.3, 0.4) is 0 Å². The average molecular weight is 358 g/mol. The van der Waals surface area contributed by atoms with Crippen LogP contribution >= 0.6 is 0 Å². The van der Waals surface area contributed by atoms with E-state index in [0.717, 1.165) is 16.7 Å². The summed E-state index contributed by atoms with van der Waals surface area (Å²) in [5.74, 6) is -0.701. The van der Waals surface area contributed by atoms with Gasteiger partial charge in [0.05, 0.1) is 0 Å². The largest absolute Gasteiger partial charge is 0.458 e. The van der Waals surface area contributed by atoms with E-state index < -0.39 is 11.6 Å². The van der Waals surface area contributed by atoms with Crippen LogP contribution < -0.4 is 0 Å². The minimum absolute atomic E-state index is 0.104. The fourth-order valence-corrected chi connectivity index (χ4v) is 2.88. The lowest BCUT2D eigenvalue weighted by molar-refractivity contribution is -0.162. The molecule has 0 unspecified atom stereocenters. The molecular weight excluding hydrogens is 336 g/mol. The van der Waals surface area contributed by atoms with E-state index in [1.54, 1.807) is 18.2 Å². The minimum Gasteiger partial charge on any atom is -0.458 e. The Morgan fingerprint density at radius 3 is 2.19 bits per heavy atom. The van der Waals surface area contributed by atoms with Crippen molar-refractivity contribution in [3.05, 3.63) is 113 Å². The first-order chi connectivity index (χ1) is 13.1. The normalized spacial score (nSPS) is 13.3. The molecule has 3 heteroatoms. The van der Waals surface area contributed by atoms with Crippen molar-refractivity contribution < 1.29 is 14.6 Å². The summed E-state index contributed by atoms with van der Waals surface area (Å²) in [6.07, 6.45) is 3.23. The van der Waals surface area contributed by atoms with Crippen molar-refractivity contribution in [1.82, 2.24) is 0 Å². The van der Waals surface area contributed by atoms with E-state index in [4.69, 9.17) is 4.74 Å². The van der Waals surface area contributed by atoms with Crippen molar-refractivity contribution in [3.8, 4) is 0 Å². The molecule has 136 valence electrons. The Morgan fingerprint density at radius 1 is 0.926 bits per heavy atom. The molecule has 0 bridgehead atoms. The first-order valence-electron chi connectivity index (χ1n) is 8.83. The monoisotopic (exact) mass is 358 g/mol. The molecule has 0 aliphatic carbocycles. The number of carbonyl (C=O) groups is 1. The highest BCUT2D eigenvalue weighted by molar-refractivity contribution is 5.85.